The molecule has 0 bridgehead atoms. The molecule has 0 aliphatic carbocycles. The second-order valence-corrected chi connectivity index (χ2v) is 11.1. The quantitative estimate of drug-likeness (QED) is 0.354. The second-order valence-electron chi connectivity index (χ2n) is 10.1. The molecule has 0 saturated carbocycles. The number of ketones is 1. The molecule has 0 saturated heterocycles. The van der Waals surface area contributed by atoms with Crippen molar-refractivity contribution in [2.45, 2.75) is 71.3 Å². The van der Waals surface area contributed by atoms with E-state index >= 15 is 0 Å². The van der Waals surface area contributed by atoms with Gasteiger partial charge in [0.2, 0.25) is 5.91 Å². The number of anilines is 1. The third-order valence-electron chi connectivity index (χ3n) is 6.32. The van der Waals surface area contributed by atoms with E-state index in [4.69, 9.17) is 4.74 Å². The molecule has 1 aromatic heterocycles. The van der Waals surface area contributed by atoms with Crippen molar-refractivity contribution in [3.8, 4) is 0 Å². The summed E-state index contributed by atoms with van der Waals surface area (Å²) in [5, 5.41) is 2.04. The smallest absolute Gasteiger partial charge is 0.410 e. The largest absolute Gasteiger partial charge is 0.444 e. The Balaban J connectivity index is 1.32. The molecule has 2 amide bonds. The zero-order valence-corrected chi connectivity index (χ0v) is 21.2. The lowest BCUT2D eigenvalue weighted by atomic mass is 9.94. The molecule has 0 unspecified atom stereocenters. The van der Waals surface area contributed by atoms with E-state index in [1.54, 1.807) is 16.2 Å². The molecule has 2 aliphatic rings. The van der Waals surface area contributed by atoms with Crippen LogP contribution in [0.3, 0.4) is 0 Å². The molecule has 0 N–H and O–H groups in total. The third-order valence-corrected chi connectivity index (χ3v) is 7.25. The number of Topliss-reactive ketones (excluding diaryl/α,β-unsaturated/α-hetero) is 1. The van der Waals surface area contributed by atoms with Crippen LogP contribution in [0.5, 0.6) is 0 Å². The van der Waals surface area contributed by atoms with E-state index in [1.165, 1.54) is 4.88 Å². The highest BCUT2D eigenvalue weighted by molar-refractivity contribution is 7.09. The van der Waals surface area contributed by atoms with E-state index < -0.39 is 5.60 Å². The molecule has 7 heteroatoms. The number of aryl methyl sites for hydroxylation is 1. The van der Waals surface area contributed by atoms with Gasteiger partial charge in [-0.2, -0.15) is 0 Å². The van der Waals surface area contributed by atoms with E-state index in [-0.39, 0.29) is 17.8 Å². The van der Waals surface area contributed by atoms with Gasteiger partial charge in [-0.3, -0.25) is 9.59 Å². The molecule has 0 radical (unpaired) electrons. The number of carbonyl (C=O) groups is 3. The first-order valence-electron chi connectivity index (χ1n) is 12.2. The zero-order valence-electron chi connectivity index (χ0n) is 20.4. The van der Waals surface area contributed by atoms with Gasteiger partial charge >= 0.3 is 6.09 Å². The predicted octanol–water partition coefficient (Wildman–Crippen LogP) is 5.42. The Morgan fingerprint density at radius 2 is 1.85 bits per heavy atom. The Morgan fingerprint density at radius 3 is 2.56 bits per heavy atom. The minimum Gasteiger partial charge on any atom is -0.444 e. The summed E-state index contributed by atoms with van der Waals surface area (Å²) < 4.78 is 5.60. The van der Waals surface area contributed by atoms with Crippen LogP contribution < -0.4 is 4.90 Å². The van der Waals surface area contributed by atoms with Crippen LogP contribution in [0.2, 0.25) is 0 Å². The van der Waals surface area contributed by atoms with Crippen molar-refractivity contribution in [3.05, 3.63) is 51.2 Å². The van der Waals surface area contributed by atoms with Gasteiger partial charge in [-0.25, -0.2) is 4.79 Å². The number of hydrogen-bond donors (Lipinski definition) is 0. The van der Waals surface area contributed by atoms with E-state index in [0.29, 0.717) is 38.8 Å². The van der Waals surface area contributed by atoms with Gasteiger partial charge in [0.25, 0.3) is 0 Å². The van der Waals surface area contributed by atoms with Gasteiger partial charge in [0, 0.05) is 42.9 Å². The highest BCUT2D eigenvalue weighted by atomic mass is 32.1. The minimum absolute atomic E-state index is 0.136. The molecular weight excluding hydrogens is 448 g/mol. The number of hydrogen-bond acceptors (Lipinski definition) is 5. The fourth-order valence-corrected chi connectivity index (χ4v) is 5.37. The van der Waals surface area contributed by atoms with Gasteiger partial charge in [-0.05, 0) is 87.6 Å². The van der Waals surface area contributed by atoms with E-state index in [2.05, 4.69) is 6.07 Å². The molecule has 0 atom stereocenters. The second kappa shape index (κ2) is 10.3. The number of carbonyl (C=O) groups excluding carboxylic acids is 3. The Labute approximate surface area is 205 Å². The molecule has 2 aliphatic heterocycles. The van der Waals surface area contributed by atoms with Crippen molar-refractivity contribution in [1.29, 1.82) is 0 Å². The summed E-state index contributed by atoms with van der Waals surface area (Å²) in [6, 6.07) is 8.06. The highest BCUT2D eigenvalue weighted by Crippen LogP contribution is 2.37. The number of thiophene rings is 1. The summed E-state index contributed by atoms with van der Waals surface area (Å²) in [5.74, 6) is 0.329. The van der Waals surface area contributed by atoms with Crippen LogP contribution in [0.1, 0.15) is 72.8 Å². The Bertz CT molecular complexity index is 1060. The standard InChI is InChI=1S/C27H34N2O4S/c1-27(2,3)33-26(32)28(14-12-22-7-6-16-34-22)13-5-4-8-23(30)21-17-19-9-10-24(31)29-15-11-20(18-21)25(19)29/h6-7,16-18H,4-5,8-15H2,1-3H3. The van der Waals surface area contributed by atoms with Crippen LogP contribution in [0.15, 0.2) is 29.6 Å². The fraction of sp³-hybridized carbons (Fsp3) is 0.519. The highest BCUT2D eigenvalue weighted by Gasteiger charge is 2.32. The number of rotatable bonds is 9. The number of ether oxygens (including phenoxy) is 1. The van der Waals surface area contributed by atoms with E-state index in [9.17, 15) is 14.4 Å². The lowest BCUT2D eigenvalue weighted by molar-refractivity contribution is -0.118. The number of amides is 2. The number of benzene rings is 1. The molecule has 0 spiro atoms. The topological polar surface area (TPSA) is 66.9 Å². The first-order chi connectivity index (χ1) is 16.2. The van der Waals surface area contributed by atoms with E-state index in [0.717, 1.165) is 48.2 Å². The lowest BCUT2D eigenvalue weighted by Crippen LogP contribution is -2.38. The summed E-state index contributed by atoms with van der Waals surface area (Å²) in [7, 11) is 0. The molecular formula is C27H34N2O4S. The molecule has 6 nitrogen and oxygen atoms in total. The van der Waals surface area contributed by atoms with E-state index in [1.807, 2.05) is 49.3 Å². The molecule has 2 aromatic rings. The van der Waals surface area contributed by atoms with Gasteiger partial charge in [0.1, 0.15) is 5.60 Å². The summed E-state index contributed by atoms with van der Waals surface area (Å²) in [6.07, 6.45) is 4.48. The third kappa shape index (κ3) is 5.87. The van der Waals surface area contributed by atoms with Gasteiger partial charge in [-0.1, -0.05) is 6.07 Å². The van der Waals surface area contributed by atoms with Gasteiger partial charge in [0.15, 0.2) is 5.78 Å². The van der Waals surface area contributed by atoms with Crippen LogP contribution in [-0.2, 0) is 28.8 Å². The summed E-state index contributed by atoms with van der Waals surface area (Å²) in [6.45, 7) is 7.53. The molecule has 0 fully saturated rings. The Hall–Kier alpha value is -2.67. The predicted molar refractivity (Wildman–Crippen MR) is 135 cm³/mol. The van der Waals surface area contributed by atoms with Crippen LogP contribution in [0.25, 0.3) is 0 Å². The molecule has 34 heavy (non-hydrogen) atoms. The van der Waals surface area contributed by atoms with Crippen molar-refractivity contribution in [2.75, 3.05) is 24.5 Å². The lowest BCUT2D eigenvalue weighted by Gasteiger charge is -2.27. The Kier molecular flexibility index (Phi) is 7.41. The summed E-state index contributed by atoms with van der Waals surface area (Å²) >= 11 is 1.69. The van der Waals surface area contributed by atoms with Crippen LogP contribution in [0, 0.1) is 0 Å². The average molecular weight is 483 g/mol. The van der Waals surface area contributed by atoms with Gasteiger partial charge in [-0.15, -0.1) is 11.3 Å². The van der Waals surface area contributed by atoms with Crippen LogP contribution in [0.4, 0.5) is 10.5 Å². The van der Waals surface area contributed by atoms with Crippen molar-refractivity contribution in [3.63, 3.8) is 0 Å². The fourth-order valence-electron chi connectivity index (χ4n) is 4.67. The number of nitrogens with zero attached hydrogens (tertiary/aromatic N) is 2. The number of unbranched alkanes of at least 4 members (excludes halogenated alkanes) is 1. The Morgan fingerprint density at radius 1 is 1.09 bits per heavy atom. The zero-order chi connectivity index (χ0) is 24.3. The van der Waals surface area contributed by atoms with Crippen LogP contribution >= 0.6 is 11.3 Å². The minimum atomic E-state index is -0.539. The molecule has 1 aromatic carbocycles. The average Bonchev–Trinajstić information content (AvgIpc) is 3.45. The van der Waals surface area contributed by atoms with Gasteiger partial charge < -0.3 is 14.5 Å². The normalized spacial score (nSPS) is 14.8. The van der Waals surface area contributed by atoms with Gasteiger partial charge in [0.05, 0.1) is 5.69 Å². The SMILES string of the molecule is CC(C)(C)OC(=O)N(CCCCC(=O)c1cc2c3c(c1)CCN3C(=O)CC2)CCc1cccs1. The van der Waals surface area contributed by atoms with Crippen molar-refractivity contribution in [1.82, 2.24) is 4.90 Å². The molecule has 182 valence electrons. The maximum absolute atomic E-state index is 12.9. The first-order valence-corrected chi connectivity index (χ1v) is 13.1. The first kappa shape index (κ1) is 24.5. The monoisotopic (exact) mass is 482 g/mol. The summed E-state index contributed by atoms with van der Waals surface area (Å²) in [5.41, 5.74) is 3.52. The maximum Gasteiger partial charge on any atom is 0.410 e. The van der Waals surface area contributed by atoms with Crippen molar-refractivity contribution < 1.29 is 19.1 Å². The molecule has 3 heterocycles. The molecule has 4 rings (SSSR count). The maximum atomic E-state index is 12.9. The van der Waals surface area contributed by atoms with Crippen molar-refractivity contribution in [2.24, 2.45) is 0 Å². The van der Waals surface area contributed by atoms with Crippen LogP contribution in [-0.4, -0.2) is 47.9 Å². The van der Waals surface area contributed by atoms with Crippen molar-refractivity contribution >= 4 is 34.8 Å². The summed E-state index contributed by atoms with van der Waals surface area (Å²) in [4.78, 5) is 42.7.